The third-order valence-corrected chi connectivity index (χ3v) is 6.19. The monoisotopic (exact) mass is 409 g/mol. The molecule has 9 heteroatoms. The van der Waals surface area contributed by atoms with Crippen LogP contribution in [-0.2, 0) is 10.0 Å². The second kappa shape index (κ2) is 7.37. The molecule has 28 heavy (non-hydrogen) atoms. The maximum Gasteiger partial charge on any atom is 0.264 e. The SMILES string of the molecule is Nc1nc(-c2ccccc2)c(-c2ccc(S(=O)(=O)Nc3ncccn3)cc2)s1. The molecule has 0 radical (unpaired) electrons. The van der Waals surface area contributed by atoms with Crippen molar-refractivity contribution < 1.29 is 8.42 Å². The smallest absolute Gasteiger partial charge is 0.264 e. The van der Waals surface area contributed by atoms with E-state index in [1.165, 1.54) is 35.9 Å². The quantitative estimate of drug-likeness (QED) is 0.520. The van der Waals surface area contributed by atoms with Gasteiger partial charge in [0, 0.05) is 18.0 Å². The maximum absolute atomic E-state index is 12.5. The Morgan fingerprint density at radius 2 is 1.54 bits per heavy atom. The first-order chi connectivity index (χ1) is 13.5. The molecule has 2 aromatic carbocycles. The van der Waals surface area contributed by atoms with Crippen LogP contribution in [0.4, 0.5) is 11.1 Å². The molecular formula is C19H15N5O2S2. The van der Waals surface area contributed by atoms with Gasteiger partial charge < -0.3 is 5.73 Å². The van der Waals surface area contributed by atoms with Gasteiger partial charge in [-0.1, -0.05) is 53.8 Å². The Kier molecular flexibility index (Phi) is 4.76. The van der Waals surface area contributed by atoms with Crippen LogP contribution in [0.25, 0.3) is 21.7 Å². The van der Waals surface area contributed by atoms with Crippen molar-refractivity contribution in [2.45, 2.75) is 4.90 Å². The lowest BCUT2D eigenvalue weighted by Crippen LogP contribution is -2.14. The molecule has 7 nitrogen and oxygen atoms in total. The number of nitrogen functional groups attached to an aromatic ring is 1. The van der Waals surface area contributed by atoms with Crippen LogP contribution in [-0.4, -0.2) is 23.4 Å². The van der Waals surface area contributed by atoms with E-state index in [0.29, 0.717) is 5.13 Å². The van der Waals surface area contributed by atoms with Gasteiger partial charge >= 0.3 is 0 Å². The van der Waals surface area contributed by atoms with Crippen molar-refractivity contribution in [2.24, 2.45) is 0 Å². The fourth-order valence-corrected chi connectivity index (χ4v) is 4.46. The van der Waals surface area contributed by atoms with E-state index in [-0.39, 0.29) is 10.8 Å². The van der Waals surface area contributed by atoms with Crippen LogP contribution in [0.5, 0.6) is 0 Å². The molecule has 0 saturated heterocycles. The van der Waals surface area contributed by atoms with Gasteiger partial charge in [0.25, 0.3) is 10.0 Å². The zero-order valence-electron chi connectivity index (χ0n) is 14.5. The summed E-state index contributed by atoms with van der Waals surface area (Å²) in [6, 6.07) is 17.9. The van der Waals surface area contributed by atoms with Crippen molar-refractivity contribution >= 4 is 32.4 Å². The van der Waals surface area contributed by atoms with Crippen molar-refractivity contribution in [2.75, 3.05) is 10.5 Å². The average molecular weight is 409 g/mol. The van der Waals surface area contributed by atoms with Crippen LogP contribution in [0.2, 0.25) is 0 Å². The number of sulfonamides is 1. The molecule has 0 spiro atoms. The molecule has 2 aromatic heterocycles. The topological polar surface area (TPSA) is 111 Å². The van der Waals surface area contributed by atoms with Crippen LogP contribution in [0.3, 0.4) is 0 Å². The number of hydrogen-bond acceptors (Lipinski definition) is 7. The third kappa shape index (κ3) is 3.71. The predicted molar refractivity (Wildman–Crippen MR) is 110 cm³/mol. The molecule has 140 valence electrons. The summed E-state index contributed by atoms with van der Waals surface area (Å²) in [5.41, 5.74) is 8.48. The van der Waals surface area contributed by atoms with Gasteiger partial charge in [-0.25, -0.2) is 28.1 Å². The second-order valence-electron chi connectivity index (χ2n) is 5.80. The molecule has 0 unspecified atom stereocenters. The highest BCUT2D eigenvalue weighted by atomic mass is 32.2. The summed E-state index contributed by atoms with van der Waals surface area (Å²) in [7, 11) is -3.78. The number of benzene rings is 2. The van der Waals surface area contributed by atoms with Crippen molar-refractivity contribution in [1.82, 2.24) is 15.0 Å². The van der Waals surface area contributed by atoms with Gasteiger partial charge in [0.05, 0.1) is 15.5 Å². The number of anilines is 2. The van der Waals surface area contributed by atoms with Gasteiger partial charge in [-0.2, -0.15) is 0 Å². The third-order valence-electron chi connectivity index (χ3n) is 3.91. The van der Waals surface area contributed by atoms with E-state index in [0.717, 1.165) is 21.7 Å². The standard InChI is InChI=1S/C19H15N5O2S2/c20-18-23-16(13-5-2-1-3-6-13)17(27-18)14-7-9-15(10-8-14)28(25,26)24-19-21-11-4-12-22-19/h1-12H,(H2,20,23)(H,21,22,24). The Morgan fingerprint density at radius 1 is 0.857 bits per heavy atom. The van der Waals surface area contributed by atoms with Gasteiger partial charge in [0.1, 0.15) is 0 Å². The van der Waals surface area contributed by atoms with Crippen molar-refractivity contribution in [3.8, 4) is 21.7 Å². The van der Waals surface area contributed by atoms with Gasteiger partial charge in [-0.3, -0.25) is 0 Å². The van der Waals surface area contributed by atoms with Crippen molar-refractivity contribution in [3.63, 3.8) is 0 Å². The highest BCUT2D eigenvalue weighted by Crippen LogP contribution is 2.38. The number of nitrogens with zero attached hydrogens (tertiary/aromatic N) is 3. The Morgan fingerprint density at radius 3 is 2.21 bits per heavy atom. The molecule has 0 atom stereocenters. The zero-order chi connectivity index (χ0) is 19.6. The maximum atomic E-state index is 12.5. The van der Waals surface area contributed by atoms with E-state index in [1.54, 1.807) is 18.2 Å². The number of thiazole rings is 1. The molecule has 0 aliphatic rings. The minimum Gasteiger partial charge on any atom is -0.375 e. The lowest BCUT2D eigenvalue weighted by atomic mass is 10.1. The average Bonchev–Trinajstić information content (AvgIpc) is 3.11. The minimum atomic E-state index is -3.78. The molecule has 4 aromatic rings. The van der Waals surface area contributed by atoms with Crippen molar-refractivity contribution in [1.29, 1.82) is 0 Å². The molecule has 0 saturated carbocycles. The molecule has 0 aliphatic heterocycles. The van der Waals surface area contributed by atoms with Gasteiger partial charge in [0.2, 0.25) is 5.95 Å². The molecule has 0 aliphatic carbocycles. The van der Waals surface area contributed by atoms with E-state index in [4.69, 9.17) is 5.73 Å². The Bertz CT molecular complexity index is 1190. The lowest BCUT2D eigenvalue weighted by Gasteiger charge is -2.07. The van der Waals surface area contributed by atoms with E-state index in [1.807, 2.05) is 30.3 Å². The fourth-order valence-electron chi connectivity index (χ4n) is 2.64. The normalized spacial score (nSPS) is 11.3. The fraction of sp³-hybridized carbons (Fsp3) is 0. The molecule has 0 fully saturated rings. The molecular weight excluding hydrogens is 394 g/mol. The summed E-state index contributed by atoms with van der Waals surface area (Å²) in [5, 5.41) is 0.452. The van der Waals surface area contributed by atoms with Crippen LogP contribution >= 0.6 is 11.3 Å². The molecule has 0 bridgehead atoms. The number of aromatic nitrogens is 3. The summed E-state index contributed by atoms with van der Waals surface area (Å²) in [6.45, 7) is 0. The van der Waals surface area contributed by atoms with E-state index >= 15 is 0 Å². The van der Waals surface area contributed by atoms with E-state index in [9.17, 15) is 8.42 Å². The highest BCUT2D eigenvalue weighted by Gasteiger charge is 2.18. The van der Waals surface area contributed by atoms with Gasteiger partial charge in [0.15, 0.2) is 5.13 Å². The largest absolute Gasteiger partial charge is 0.375 e. The first-order valence-corrected chi connectivity index (χ1v) is 10.5. The number of nitrogens with two attached hydrogens (primary N) is 1. The summed E-state index contributed by atoms with van der Waals surface area (Å²) in [4.78, 5) is 13.2. The molecule has 2 heterocycles. The summed E-state index contributed by atoms with van der Waals surface area (Å²) in [5.74, 6) is 0.0215. The summed E-state index contributed by atoms with van der Waals surface area (Å²) < 4.78 is 27.4. The van der Waals surface area contributed by atoms with Crippen LogP contribution in [0.1, 0.15) is 0 Å². The van der Waals surface area contributed by atoms with Crippen LogP contribution in [0, 0.1) is 0 Å². The van der Waals surface area contributed by atoms with E-state index < -0.39 is 10.0 Å². The predicted octanol–water partition coefficient (Wildman–Crippen LogP) is 3.65. The first-order valence-electron chi connectivity index (χ1n) is 8.25. The molecule has 0 amide bonds. The Balaban J connectivity index is 1.66. The summed E-state index contributed by atoms with van der Waals surface area (Å²) in [6.07, 6.45) is 2.93. The number of rotatable bonds is 5. The zero-order valence-corrected chi connectivity index (χ0v) is 16.1. The Hall–Kier alpha value is -3.30. The first kappa shape index (κ1) is 18.1. The van der Waals surface area contributed by atoms with Crippen LogP contribution < -0.4 is 10.5 Å². The van der Waals surface area contributed by atoms with Crippen LogP contribution in [0.15, 0.2) is 78.0 Å². The number of nitrogens with one attached hydrogen (secondary N) is 1. The number of hydrogen-bond donors (Lipinski definition) is 2. The molecule has 4 rings (SSSR count). The summed E-state index contributed by atoms with van der Waals surface area (Å²) >= 11 is 1.36. The second-order valence-corrected chi connectivity index (χ2v) is 8.51. The Labute approximate surface area is 166 Å². The van der Waals surface area contributed by atoms with E-state index in [2.05, 4.69) is 19.7 Å². The van der Waals surface area contributed by atoms with Gasteiger partial charge in [-0.15, -0.1) is 0 Å². The molecule has 3 N–H and O–H groups in total. The minimum absolute atomic E-state index is 0.0215. The lowest BCUT2D eigenvalue weighted by molar-refractivity contribution is 0.601. The van der Waals surface area contributed by atoms with Gasteiger partial charge in [-0.05, 0) is 23.8 Å². The highest BCUT2D eigenvalue weighted by molar-refractivity contribution is 7.92. The van der Waals surface area contributed by atoms with Crippen molar-refractivity contribution in [3.05, 3.63) is 73.1 Å².